The largest absolute Gasteiger partial charge is 0.492 e. The molecule has 0 fully saturated rings. The molecule has 0 atom stereocenters. The molecule has 1 aromatic heterocycles. The highest BCUT2D eigenvalue weighted by molar-refractivity contribution is 5.78. The molecule has 1 amide bonds. The average Bonchev–Trinajstić information content (AvgIpc) is 3.00. The summed E-state index contributed by atoms with van der Waals surface area (Å²) >= 11 is 0. The van der Waals surface area contributed by atoms with Gasteiger partial charge in [0.25, 0.3) is 0 Å². The van der Waals surface area contributed by atoms with Crippen LogP contribution in [0.4, 0.5) is 0 Å². The first-order valence-electron chi connectivity index (χ1n) is 8.60. The SMILES string of the molecule is Cc1cccc(OCCNC(=O)Cc2nc(-c3ccccc3)oc2C)c1. The summed E-state index contributed by atoms with van der Waals surface area (Å²) in [6.45, 7) is 4.69. The van der Waals surface area contributed by atoms with Crippen LogP contribution in [0, 0.1) is 13.8 Å². The average molecular weight is 350 g/mol. The summed E-state index contributed by atoms with van der Waals surface area (Å²) in [5.41, 5.74) is 2.69. The van der Waals surface area contributed by atoms with Gasteiger partial charge in [-0.3, -0.25) is 4.79 Å². The van der Waals surface area contributed by atoms with Gasteiger partial charge in [-0.2, -0.15) is 0 Å². The minimum absolute atomic E-state index is 0.103. The van der Waals surface area contributed by atoms with Crippen LogP contribution in [0.2, 0.25) is 0 Å². The van der Waals surface area contributed by atoms with E-state index in [9.17, 15) is 4.79 Å². The fourth-order valence-electron chi connectivity index (χ4n) is 2.58. The van der Waals surface area contributed by atoms with E-state index in [0.717, 1.165) is 16.9 Å². The van der Waals surface area contributed by atoms with Crippen LogP contribution in [0.25, 0.3) is 11.5 Å². The third-order valence-electron chi connectivity index (χ3n) is 3.92. The van der Waals surface area contributed by atoms with Crippen molar-refractivity contribution in [3.63, 3.8) is 0 Å². The lowest BCUT2D eigenvalue weighted by atomic mass is 10.2. The van der Waals surface area contributed by atoms with E-state index in [0.29, 0.717) is 30.5 Å². The monoisotopic (exact) mass is 350 g/mol. The summed E-state index contributed by atoms with van der Waals surface area (Å²) in [5, 5.41) is 2.85. The van der Waals surface area contributed by atoms with E-state index in [1.54, 1.807) is 0 Å². The summed E-state index contributed by atoms with van der Waals surface area (Å²) in [7, 11) is 0. The summed E-state index contributed by atoms with van der Waals surface area (Å²) < 4.78 is 11.3. The minimum atomic E-state index is -0.103. The summed E-state index contributed by atoms with van der Waals surface area (Å²) in [6, 6.07) is 17.5. The molecule has 0 saturated carbocycles. The van der Waals surface area contributed by atoms with E-state index in [-0.39, 0.29) is 12.3 Å². The molecule has 2 aromatic carbocycles. The zero-order valence-corrected chi connectivity index (χ0v) is 15.0. The van der Waals surface area contributed by atoms with Gasteiger partial charge in [0, 0.05) is 5.56 Å². The molecule has 134 valence electrons. The molecule has 3 rings (SSSR count). The van der Waals surface area contributed by atoms with Gasteiger partial charge >= 0.3 is 0 Å². The lowest BCUT2D eigenvalue weighted by molar-refractivity contribution is -0.120. The van der Waals surface area contributed by atoms with Crippen LogP contribution in [0.5, 0.6) is 5.75 Å². The highest BCUT2D eigenvalue weighted by Gasteiger charge is 2.14. The second-order valence-corrected chi connectivity index (χ2v) is 6.08. The number of benzene rings is 2. The number of nitrogens with zero attached hydrogens (tertiary/aromatic N) is 1. The van der Waals surface area contributed by atoms with Crippen molar-refractivity contribution >= 4 is 5.91 Å². The Morgan fingerprint density at radius 3 is 2.69 bits per heavy atom. The third-order valence-corrected chi connectivity index (χ3v) is 3.92. The number of nitrogens with one attached hydrogen (secondary N) is 1. The van der Waals surface area contributed by atoms with E-state index in [2.05, 4.69) is 10.3 Å². The van der Waals surface area contributed by atoms with E-state index < -0.39 is 0 Å². The van der Waals surface area contributed by atoms with E-state index in [4.69, 9.17) is 9.15 Å². The Morgan fingerprint density at radius 2 is 1.92 bits per heavy atom. The summed E-state index contributed by atoms with van der Waals surface area (Å²) in [5.74, 6) is 1.90. The molecule has 5 heteroatoms. The van der Waals surface area contributed by atoms with Crippen LogP contribution < -0.4 is 10.1 Å². The molecule has 0 aliphatic rings. The molecular weight excluding hydrogens is 328 g/mol. The van der Waals surface area contributed by atoms with Crippen LogP contribution in [0.15, 0.2) is 59.0 Å². The second-order valence-electron chi connectivity index (χ2n) is 6.08. The number of rotatable bonds is 7. The van der Waals surface area contributed by atoms with Gasteiger partial charge in [0.05, 0.1) is 18.7 Å². The second kappa shape index (κ2) is 8.34. The predicted octanol–water partition coefficient (Wildman–Crippen LogP) is 3.70. The third kappa shape index (κ3) is 4.72. The Balaban J connectivity index is 1.48. The molecule has 3 aromatic rings. The van der Waals surface area contributed by atoms with Gasteiger partial charge in [-0.05, 0) is 43.7 Å². The molecule has 0 spiro atoms. The predicted molar refractivity (Wildman–Crippen MR) is 100 cm³/mol. The normalized spacial score (nSPS) is 10.5. The Bertz CT molecular complexity index is 872. The number of oxazole rings is 1. The molecule has 26 heavy (non-hydrogen) atoms. The number of carbonyl (C=O) groups excluding carboxylic acids is 1. The Hall–Kier alpha value is -3.08. The Morgan fingerprint density at radius 1 is 1.12 bits per heavy atom. The fourth-order valence-corrected chi connectivity index (χ4v) is 2.58. The quantitative estimate of drug-likeness (QED) is 0.660. The van der Waals surface area contributed by atoms with Gasteiger partial charge in [0.1, 0.15) is 18.1 Å². The van der Waals surface area contributed by atoms with Gasteiger partial charge in [-0.15, -0.1) is 0 Å². The van der Waals surface area contributed by atoms with Gasteiger partial charge < -0.3 is 14.5 Å². The van der Waals surface area contributed by atoms with Crippen LogP contribution in [0.1, 0.15) is 17.0 Å². The van der Waals surface area contributed by atoms with Crippen molar-refractivity contribution in [2.75, 3.05) is 13.2 Å². The van der Waals surface area contributed by atoms with Crippen LogP contribution in [-0.2, 0) is 11.2 Å². The summed E-state index contributed by atoms with van der Waals surface area (Å²) in [4.78, 5) is 16.6. The standard InChI is InChI=1S/C21H22N2O3/c1-15-7-6-10-18(13-15)25-12-11-22-20(24)14-19-16(2)26-21(23-19)17-8-4-3-5-9-17/h3-10,13H,11-12,14H2,1-2H3,(H,22,24). The van der Waals surface area contributed by atoms with Gasteiger partial charge in [-0.1, -0.05) is 30.3 Å². The van der Waals surface area contributed by atoms with Crippen molar-refractivity contribution in [1.29, 1.82) is 0 Å². The first-order valence-corrected chi connectivity index (χ1v) is 8.60. The van der Waals surface area contributed by atoms with Crippen molar-refractivity contribution in [2.45, 2.75) is 20.3 Å². The smallest absolute Gasteiger partial charge is 0.226 e. The number of aromatic nitrogens is 1. The van der Waals surface area contributed by atoms with Crippen LogP contribution in [-0.4, -0.2) is 24.0 Å². The Labute approximate surface area is 153 Å². The zero-order chi connectivity index (χ0) is 18.4. The van der Waals surface area contributed by atoms with Crippen molar-refractivity contribution in [2.24, 2.45) is 0 Å². The van der Waals surface area contributed by atoms with Crippen molar-refractivity contribution in [1.82, 2.24) is 10.3 Å². The lowest BCUT2D eigenvalue weighted by Gasteiger charge is -2.08. The summed E-state index contributed by atoms with van der Waals surface area (Å²) in [6.07, 6.45) is 0.187. The van der Waals surface area contributed by atoms with Crippen LogP contribution in [0.3, 0.4) is 0 Å². The number of aryl methyl sites for hydroxylation is 2. The molecular formula is C21H22N2O3. The number of carbonyl (C=O) groups is 1. The number of ether oxygens (including phenoxy) is 1. The van der Waals surface area contributed by atoms with E-state index in [1.165, 1.54) is 0 Å². The molecule has 1 heterocycles. The fraction of sp³-hybridized carbons (Fsp3) is 0.238. The van der Waals surface area contributed by atoms with Gasteiger partial charge in [0.15, 0.2) is 0 Å². The topological polar surface area (TPSA) is 64.4 Å². The zero-order valence-electron chi connectivity index (χ0n) is 15.0. The maximum atomic E-state index is 12.1. The lowest BCUT2D eigenvalue weighted by Crippen LogP contribution is -2.29. The molecule has 0 bridgehead atoms. The highest BCUT2D eigenvalue weighted by Crippen LogP contribution is 2.21. The number of amides is 1. The number of hydrogen-bond donors (Lipinski definition) is 1. The van der Waals surface area contributed by atoms with E-state index >= 15 is 0 Å². The molecule has 0 radical (unpaired) electrons. The first kappa shape index (κ1) is 17.7. The minimum Gasteiger partial charge on any atom is -0.492 e. The number of hydrogen-bond acceptors (Lipinski definition) is 4. The van der Waals surface area contributed by atoms with E-state index in [1.807, 2.05) is 68.4 Å². The van der Waals surface area contributed by atoms with Crippen molar-refractivity contribution in [3.05, 3.63) is 71.6 Å². The maximum absolute atomic E-state index is 12.1. The maximum Gasteiger partial charge on any atom is 0.226 e. The van der Waals surface area contributed by atoms with Crippen LogP contribution >= 0.6 is 0 Å². The van der Waals surface area contributed by atoms with Gasteiger partial charge in [-0.25, -0.2) is 4.98 Å². The molecule has 0 aliphatic carbocycles. The molecule has 0 saturated heterocycles. The highest BCUT2D eigenvalue weighted by atomic mass is 16.5. The first-order chi connectivity index (χ1) is 12.6. The van der Waals surface area contributed by atoms with Crippen molar-refractivity contribution in [3.8, 4) is 17.2 Å². The molecule has 5 nitrogen and oxygen atoms in total. The molecule has 0 unspecified atom stereocenters. The Kier molecular flexibility index (Phi) is 5.69. The van der Waals surface area contributed by atoms with Gasteiger partial charge in [0.2, 0.25) is 11.8 Å². The van der Waals surface area contributed by atoms with Crippen molar-refractivity contribution < 1.29 is 13.9 Å². The molecule has 0 aliphatic heterocycles. The molecule has 1 N–H and O–H groups in total.